The molecule has 3 aliphatic heterocycles. The quantitative estimate of drug-likeness (QED) is 0.424. The molecule has 4 heterocycles. The zero-order valence-corrected chi connectivity index (χ0v) is 24.6. The van der Waals surface area contributed by atoms with Crippen molar-refractivity contribution in [1.82, 2.24) is 19.8 Å². The lowest BCUT2D eigenvalue weighted by Crippen LogP contribution is -2.40. The van der Waals surface area contributed by atoms with E-state index in [4.69, 9.17) is 26.3 Å². The Morgan fingerprint density at radius 2 is 1.93 bits per heavy atom. The summed E-state index contributed by atoms with van der Waals surface area (Å²) in [6, 6.07) is 12.6. The largest absolute Gasteiger partial charge is 0.462 e. The topological polar surface area (TPSA) is 68.2 Å². The number of nitrogens with zero attached hydrogens (tertiary/aromatic N) is 6. The average Bonchev–Trinajstić information content (AvgIpc) is 3.29. The highest BCUT2D eigenvalue weighted by atomic mass is 35.5. The molecule has 42 heavy (non-hydrogen) atoms. The van der Waals surface area contributed by atoms with E-state index < -0.39 is 18.2 Å². The maximum Gasteiger partial charge on any atom is 0.318 e. The lowest BCUT2D eigenvalue weighted by molar-refractivity contribution is 0.0104. The van der Waals surface area contributed by atoms with E-state index in [0.29, 0.717) is 49.5 Å². The molecule has 0 spiro atoms. The molecular weight excluding hydrogens is 562 g/mol. The van der Waals surface area contributed by atoms with Crippen LogP contribution in [-0.2, 0) is 13.0 Å². The number of fused-ring (bicyclic) bond motifs is 2. The fourth-order valence-corrected chi connectivity index (χ4v) is 6.69. The zero-order chi connectivity index (χ0) is 29.4. The van der Waals surface area contributed by atoms with Crippen molar-refractivity contribution >= 4 is 33.9 Å². The SMILES string of the molecule is C=C(F)C(O)N1CCN(c2nc(OC[C@@H]3CCCN3C)nc3c2CCN(c2cccc4cccc(Cl)c24)C3)CC(F)C1. The molecule has 0 aliphatic carbocycles. The standard InChI is InChI=1S/C31H37ClF2N6O2/c1-20(33)30(41)40-15-14-39(16-22(34)17-40)29-24-11-13-38(27-10-4-7-21-6-3-9-25(32)28(21)27)18-26(24)35-31(36-29)42-19-23-8-5-12-37(23)2/h3-4,6-7,9-10,22-23,30,41H,1,5,8,11-19H2,2H3/t22?,23-,30?/m0/s1. The van der Waals surface area contributed by atoms with Crippen molar-refractivity contribution < 1.29 is 18.6 Å². The first-order valence-corrected chi connectivity index (χ1v) is 15.0. The number of hydrogen-bond acceptors (Lipinski definition) is 8. The third kappa shape index (κ3) is 5.90. The Morgan fingerprint density at radius 3 is 2.69 bits per heavy atom. The van der Waals surface area contributed by atoms with Crippen LogP contribution < -0.4 is 14.5 Å². The molecule has 0 bridgehead atoms. The number of likely N-dealkylation sites (N-methyl/N-ethyl adjacent to an activating group) is 1. The van der Waals surface area contributed by atoms with Crippen molar-refractivity contribution in [2.45, 2.75) is 44.2 Å². The Bertz CT molecular complexity index is 1460. The van der Waals surface area contributed by atoms with Gasteiger partial charge in [-0.3, -0.25) is 4.90 Å². The van der Waals surface area contributed by atoms with E-state index in [1.54, 1.807) is 0 Å². The van der Waals surface area contributed by atoms with E-state index in [1.165, 1.54) is 4.90 Å². The predicted octanol–water partition coefficient (Wildman–Crippen LogP) is 4.58. The highest BCUT2D eigenvalue weighted by molar-refractivity contribution is 6.36. The third-order valence-electron chi connectivity index (χ3n) is 8.71. The van der Waals surface area contributed by atoms with Crippen molar-refractivity contribution in [2.75, 3.05) is 62.7 Å². The lowest BCUT2D eigenvalue weighted by Gasteiger charge is -2.34. The van der Waals surface area contributed by atoms with Crippen molar-refractivity contribution in [3.63, 3.8) is 0 Å². The van der Waals surface area contributed by atoms with Gasteiger partial charge >= 0.3 is 6.01 Å². The predicted molar refractivity (Wildman–Crippen MR) is 162 cm³/mol. The molecule has 0 saturated carbocycles. The second-order valence-corrected chi connectivity index (χ2v) is 11.9. The summed E-state index contributed by atoms with van der Waals surface area (Å²) >= 11 is 6.66. The second kappa shape index (κ2) is 12.3. The van der Waals surface area contributed by atoms with Crippen LogP contribution in [0.4, 0.5) is 20.3 Å². The van der Waals surface area contributed by atoms with Crippen LogP contribution >= 0.6 is 11.6 Å². The molecule has 8 nitrogen and oxygen atoms in total. The van der Waals surface area contributed by atoms with E-state index in [1.807, 2.05) is 23.1 Å². The van der Waals surface area contributed by atoms with Crippen LogP contribution in [-0.4, -0.2) is 96.2 Å². The highest BCUT2D eigenvalue weighted by Gasteiger charge is 2.32. The Balaban J connectivity index is 1.33. The van der Waals surface area contributed by atoms with Gasteiger partial charge < -0.3 is 24.5 Å². The number of halogens is 3. The summed E-state index contributed by atoms with van der Waals surface area (Å²) in [5.74, 6) is -0.250. The maximum absolute atomic E-state index is 15.2. The fourth-order valence-electron chi connectivity index (χ4n) is 6.42. The Labute approximate surface area is 250 Å². The summed E-state index contributed by atoms with van der Waals surface area (Å²) in [7, 11) is 2.10. The number of ether oxygens (including phenoxy) is 1. The number of aromatic nitrogens is 2. The van der Waals surface area contributed by atoms with Gasteiger partial charge in [0, 0.05) is 48.9 Å². The summed E-state index contributed by atoms with van der Waals surface area (Å²) in [4.78, 5) is 17.5. The molecule has 2 aromatic carbocycles. The van der Waals surface area contributed by atoms with Gasteiger partial charge in [0.1, 0.15) is 24.4 Å². The number of aliphatic hydroxyl groups excluding tert-OH is 1. The molecule has 2 fully saturated rings. The van der Waals surface area contributed by atoms with Crippen LogP contribution in [0.25, 0.3) is 10.8 Å². The molecule has 1 aromatic heterocycles. The molecule has 2 unspecified atom stereocenters. The molecule has 224 valence electrons. The summed E-state index contributed by atoms with van der Waals surface area (Å²) in [5.41, 5.74) is 2.83. The minimum atomic E-state index is -1.54. The van der Waals surface area contributed by atoms with Gasteiger partial charge in [0.05, 0.1) is 23.8 Å². The molecule has 0 radical (unpaired) electrons. The van der Waals surface area contributed by atoms with Gasteiger partial charge in [0.15, 0.2) is 6.23 Å². The van der Waals surface area contributed by atoms with Gasteiger partial charge in [0.25, 0.3) is 0 Å². The van der Waals surface area contributed by atoms with E-state index >= 15 is 4.39 Å². The third-order valence-corrected chi connectivity index (χ3v) is 9.02. The van der Waals surface area contributed by atoms with E-state index in [9.17, 15) is 9.50 Å². The lowest BCUT2D eigenvalue weighted by atomic mass is 10.0. The van der Waals surface area contributed by atoms with E-state index in [-0.39, 0.29) is 25.6 Å². The number of likely N-dealkylation sites (tertiary alicyclic amines) is 1. The van der Waals surface area contributed by atoms with Gasteiger partial charge in [-0.15, -0.1) is 0 Å². The molecule has 3 atom stereocenters. The molecular formula is C31H37ClF2N6O2. The molecule has 1 N–H and O–H groups in total. The molecule has 11 heteroatoms. The first-order valence-electron chi connectivity index (χ1n) is 14.6. The van der Waals surface area contributed by atoms with Crippen molar-refractivity contribution in [3.8, 4) is 6.01 Å². The zero-order valence-electron chi connectivity index (χ0n) is 23.9. The van der Waals surface area contributed by atoms with Crippen LogP contribution in [0.3, 0.4) is 0 Å². The first kappa shape index (κ1) is 29.0. The van der Waals surface area contributed by atoms with E-state index in [2.05, 4.69) is 41.6 Å². The summed E-state index contributed by atoms with van der Waals surface area (Å²) in [5, 5.41) is 13.0. The molecule has 0 amide bonds. The second-order valence-electron chi connectivity index (χ2n) is 11.5. The number of hydrogen-bond donors (Lipinski definition) is 1. The van der Waals surface area contributed by atoms with E-state index in [0.717, 1.165) is 47.1 Å². The summed E-state index contributed by atoms with van der Waals surface area (Å²) < 4.78 is 35.1. The molecule has 2 saturated heterocycles. The molecule has 3 aliphatic rings. The number of alkyl halides is 1. The van der Waals surface area contributed by atoms with Gasteiger partial charge in [-0.2, -0.15) is 9.97 Å². The number of benzene rings is 2. The highest BCUT2D eigenvalue weighted by Crippen LogP contribution is 2.37. The Morgan fingerprint density at radius 1 is 1.12 bits per heavy atom. The minimum absolute atomic E-state index is 0.0683. The van der Waals surface area contributed by atoms with Crippen LogP contribution in [0, 0.1) is 0 Å². The monoisotopic (exact) mass is 598 g/mol. The molecule has 6 rings (SSSR count). The van der Waals surface area contributed by atoms with Crippen molar-refractivity contribution in [2.24, 2.45) is 0 Å². The van der Waals surface area contributed by atoms with Crippen molar-refractivity contribution in [1.29, 1.82) is 0 Å². The fraction of sp³-hybridized carbons (Fsp3) is 0.484. The average molecular weight is 599 g/mol. The molecule has 3 aromatic rings. The van der Waals surface area contributed by atoms with Crippen LogP contribution in [0.1, 0.15) is 24.1 Å². The number of rotatable bonds is 7. The van der Waals surface area contributed by atoms with Crippen molar-refractivity contribution in [3.05, 3.63) is 65.1 Å². The Kier molecular flexibility index (Phi) is 8.49. The first-order chi connectivity index (χ1) is 20.3. The van der Waals surface area contributed by atoms with Gasteiger partial charge in [-0.25, -0.2) is 8.78 Å². The number of anilines is 2. The normalized spacial score (nSPS) is 22.7. The summed E-state index contributed by atoms with van der Waals surface area (Å²) in [6.45, 7) is 6.53. The maximum atomic E-state index is 15.2. The smallest absolute Gasteiger partial charge is 0.318 e. The van der Waals surface area contributed by atoms with Gasteiger partial charge in [0.2, 0.25) is 0 Å². The Hall–Kier alpha value is -3.05. The van der Waals surface area contributed by atoms with Crippen LogP contribution in [0.5, 0.6) is 6.01 Å². The van der Waals surface area contributed by atoms with Crippen LogP contribution in [0.2, 0.25) is 5.02 Å². The number of aliphatic hydroxyl groups is 1. The van der Waals surface area contributed by atoms with Crippen LogP contribution in [0.15, 0.2) is 48.8 Å². The van der Waals surface area contributed by atoms with Gasteiger partial charge in [-0.1, -0.05) is 42.4 Å². The minimum Gasteiger partial charge on any atom is -0.462 e. The summed E-state index contributed by atoms with van der Waals surface area (Å²) in [6.07, 6.45) is -0.0224. The van der Waals surface area contributed by atoms with Gasteiger partial charge in [-0.05, 0) is 50.4 Å².